The van der Waals surface area contributed by atoms with E-state index in [4.69, 9.17) is 0 Å². The number of hydrogen-bond donors (Lipinski definition) is 2. The van der Waals surface area contributed by atoms with E-state index in [0.29, 0.717) is 6.42 Å². The van der Waals surface area contributed by atoms with Crippen molar-refractivity contribution in [1.82, 2.24) is 4.72 Å². The van der Waals surface area contributed by atoms with E-state index in [1.54, 1.807) is 6.07 Å². The maximum atomic E-state index is 11.9. The summed E-state index contributed by atoms with van der Waals surface area (Å²) in [5.41, 5.74) is -0.112. The van der Waals surface area contributed by atoms with Crippen LogP contribution in [0.5, 0.6) is 0 Å². The van der Waals surface area contributed by atoms with E-state index in [0.717, 1.165) is 0 Å². The molecule has 0 bridgehead atoms. The van der Waals surface area contributed by atoms with Gasteiger partial charge in [0.2, 0.25) is 10.0 Å². The van der Waals surface area contributed by atoms with Crippen molar-refractivity contribution in [3.05, 3.63) is 39.9 Å². The molecule has 0 heterocycles. The summed E-state index contributed by atoms with van der Waals surface area (Å²) in [6, 6.07) is 5.69. The van der Waals surface area contributed by atoms with Crippen LogP contribution in [0.15, 0.2) is 24.3 Å². The highest BCUT2D eigenvalue weighted by atomic mass is 32.2. The molecule has 1 unspecified atom stereocenters. The molecule has 1 rings (SSSR count). The number of nitrogens with one attached hydrogen (secondary N) is 1. The minimum Gasteiger partial charge on any atom is -0.392 e. The first-order chi connectivity index (χ1) is 9.71. The maximum absolute atomic E-state index is 11.9. The topological polar surface area (TPSA) is 110 Å². The van der Waals surface area contributed by atoms with Gasteiger partial charge in [-0.2, -0.15) is 0 Å². The van der Waals surface area contributed by atoms with Crippen molar-refractivity contribution < 1.29 is 18.4 Å². The first kappa shape index (κ1) is 17.5. The van der Waals surface area contributed by atoms with Crippen LogP contribution in [0.2, 0.25) is 0 Å². The minimum atomic E-state index is -3.74. The SMILES string of the molecule is CC(C)CC(O)CNS(=O)(=O)Cc1ccccc1[N+](=O)[O-]. The Bertz CT molecular complexity index is 586. The van der Waals surface area contributed by atoms with Crippen molar-refractivity contribution in [3.8, 4) is 0 Å². The Kier molecular flexibility index (Phi) is 6.25. The van der Waals surface area contributed by atoms with Crippen LogP contribution in [-0.2, 0) is 15.8 Å². The molecule has 0 aromatic heterocycles. The van der Waals surface area contributed by atoms with Crippen molar-refractivity contribution in [1.29, 1.82) is 0 Å². The molecule has 21 heavy (non-hydrogen) atoms. The van der Waals surface area contributed by atoms with Crippen LogP contribution >= 0.6 is 0 Å². The van der Waals surface area contributed by atoms with Gasteiger partial charge in [-0.05, 0) is 12.3 Å². The molecule has 0 fully saturated rings. The lowest BCUT2D eigenvalue weighted by Crippen LogP contribution is -2.33. The first-order valence-electron chi connectivity index (χ1n) is 6.59. The van der Waals surface area contributed by atoms with E-state index in [1.165, 1.54) is 18.2 Å². The Hall–Kier alpha value is -1.51. The Morgan fingerprint density at radius 3 is 2.52 bits per heavy atom. The summed E-state index contributed by atoms with van der Waals surface area (Å²) in [6.45, 7) is 3.75. The molecule has 118 valence electrons. The summed E-state index contributed by atoms with van der Waals surface area (Å²) < 4.78 is 26.1. The van der Waals surface area contributed by atoms with Gasteiger partial charge in [-0.25, -0.2) is 13.1 Å². The van der Waals surface area contributed by atoms with Gasteiger partial charge in [-0.3, -0.25) is 10.1 Å². The van der Waals surface area contributed by atoms with Crippen LogP contribution in [0.4, 0.5) is 5.69 Å². The zero-order chi connectivity index (χ0) is 16.0. The lowest BCUT2D eigenvalue weighted by Gasteiger charge is -2.14. The average Bonchev–Trinajstić information content (AvgIpc) is 2.35. The summed E-state index contributed by atoms with van der Waals surface area (Å²) in [5, 5.41) is 20.5. The quantitative estimate of drug-likeness (QED) is 0.557. The smallest absolute Gasteiger partial charge is 0.273 e. The number of nitrogens with zero attached hydrogens (tertiary/aromatic N) is 1. The van der Waals surface area contributed by atoms with Crippen LogP contribution in [-0.4, -0.2) is 31.1 Å². The van der Waals surface area contributed by atoms with Crippen LogP contribution in [0.25, 0.3) is 0 Å². The number of hydrogen-bond acceptors (Lipinski definition) is 5. The number of sulfonamides is 1. The number of nitro benzene ring substituents is 1. The van der Waals surface area contributed by atoms with Crippen LogP contribution in [0.1, 0.15) is 25.8 Å². The molecule has 0 radical (unpaired) electrons. The second kappa shape index (κ2) is 7.48. The molecule has 1 aromatic rings. The Balaban J connectivity index is 2.71. The zero-order valence-electron chi connectivity index (χ0n) is 12.0. The summed E-state index contributed by atoms with van der Waals surface area (Å²) in [6.07, 6.45) is -0.292. The van der Waals surface area contributed by atoms with E-state index in [1.807, 2.05) is 13.8 Å². The molecule has 0 saturated heterocycles. The van der Waals surface area contributed by atoms with Gasteiger partial charge in [0.05, 0.1) is 16.8 Å². The van der Waals surface area contributed by atoms with Gasteiger partial charge in [0.15, 0.2) is 0 Å². The number of nitro groups is 1. The van der Waals surface area contributed by atoms with Gasteiger partial charge < -0.3 is 5.11 Å². The fraction of sp³-hybridized carbons (Fsp3) is 0.538. The summed E-state index contributed by atoms with van der Waals surface area (Å²) in [7, 11) is -3.74. The molecule has 1 aromatic carbocycles. The zero-order valence-corrected chi connectivity index (χ0v) is 12.8. The molecule has 7 nitrogen and oxygen atoms in total. The molecule has 1 atom stereocenters. The van der Waals surface area contributed by atoms with Crippen molar-refractivity contribution in [2.24, 2.45) is 5.92 Å². The molecule has 8 heteroatoms. The number of benzene rings is 1. The highest BCUT2D eigenvalue weighted by Crippen LogP contribution is 2.19. The number of aliphatic hydroxyl groups is 1. The van der Waals surface area contributed by atoms with Crippen molar-refractivity contribution in [3.63, 3.8) is 0 Å². The van der Waals surface area contributed by atoms with Gasteiger partial charge in [-0.15, -0.1) is 0 Å². The second-order valence-electron chi connectivity index (χ2n) is 5.28. The molecule has 0 spiro atoms. The summed E-state index contributed by atoms with van der Waals surface area (Å²) in [4.78, 5) is 10.2. The lowest BCUT2D eigenvalue weighted by molar-refractivity contribution is -0.385. The predicted octanol–water partition coefficient (Wildman–Crippen LogP) is 1.42. The molecule has 0 aliphatic carbocycles. The molecule has 0 aliphatic heterocycles. The minimum absolute atomic E-state index is 0.0961. The number of aliphatic hydroxyl groups excluding tert-OH is 1. The van der Waals surface area contributed by atoms with E-state index in [9.17, 15) is 23.6 Å². The van der Waals surface area contributed by atoms with Gasteiger partial charge in [0, 0.05) is 18.2 Å². The lowest BCUT2D eigenvalue weighted by atomic mass is 10.1. The first-order valence-corrected chi connectivity index (χ1v) is 8.24. The molecule has 2 N–H and O–H groups in total. The van der Waals surface area contributed by atoms with E-state index in [2.05, 4.69) is 4.72 Å². The van der Waals surface area contributed by atoms with Gasteiger partial charge in [0.25, 0.3) is 5.69 Å². The maximum Gasteiger partial charge on any atom is 0.273 e. The van der Waals surface area contributed by atoms with Crippen LogP contribution in [0, 0.1) is 16.0 Å². The van der Waals surface area contributed by atoms with Crippen molar-refractivity contribution >= 4 is 15.7 Å². The molecule has 0 aliphatic rings. The standard InChI is InChI=1S/C13H20N2O5S/c1-10(2)7-12(16)8-14-21(19,20)9-11-5-3-4-6-13(11)15(17)18/h3-6,10,12,14,16H,7-9H2,1-2H3. The highest BCUT2D eigenvalue weighted by Gasteiger charge is 2.20. The fourth-order valence-corrected chi connectivity index (χ4v) is 3.12. The molecule has 0 saturated carbocycles. The Labute approximate surface area is 124 Å². The van der Waals surface area contributed by atoms with Crippen LogP contribution in [0.3, 0.4) is 0 Å². The summed E-state index contributed by atoms with van der Waals surface area (Å²) >= 11 is 0. The molecule has 0 amide bonds. The Morgan fingerprint density at radius 2 is 1.95 bits per heavy atom. The summed E-state index contributed by atoms with van der Waals surface area (Å²) in [5.74, 6) is -0.238. The highest BCUT2D eigenvalue weighted by molar-refractivity contribution is 7.88. The monoisotopic (exact) mass is 316 g/mol. The largest absolute Gasteiger partial charge is 0.392 e. The fourth-order valence-electron chi connectivity index (χ4n) is 1.92. The predicted molar refractivity (Wildman–Crippen MR) is 79.2 cm³/mol. The van der Waals surface area contributed by atoms with Crippen LogP contribution < -0.4 is 4.72 Å². The second-order valence-corrected chi connectivity index (χ2v) is 7.08. The third-order valence-corrected chi connectivity index (χ3v) is 4.11. The third kappa shape index (κ3) is 6.19. The number of rotatable bonds is 8. The Morgan fingerprint density at radius 1 is 1.33 bits per heavy atom. The van der Waals surface area contributed by atoms with Crippen molar-refractivity contribution in [2.45, 2.75) is 32.1 Å². The van der Waals surface area contributed by atoms with E-state index in [-0.39, 0.29) is 23.7 Å². The third-order valence-electron chi connectivity index (χ3n) is 2.82. The molecular formula is C13H20N2O5S. The average molecular weight is 316 g/mol. The van der Waals surface area contributed by atoms with Gasteiger partial charge >= 0.3 is 0 Å². The van der Waals surface area contributed by atoms with Gasteiger partial charge in [-0.1, -0.05) is 32.0 Å². The number of para-hydroxylation sites is 1. The van der Waals surface area contributed by atoms with E-state index < -0.39 is 26.8 Å². The van der Waals surface area contributed by atoms with Gasteiger partial charge in [0.1, 0.15) is 0 Å². The normalized spacial score (nSPS) is 13.3. The van der Waals surface area contributed by atoms with E-state index >= 15 is 0 Å². The van der Waals surface area contributed by atoms with Crippen molar-refractivity contribution in [2.75, 3.05) is 6.54 Å². The molecular weight excluding hydrogens is 296 g/mol.